The molecule has 0 spiro atoms. The molecule has 2 aromatic rings. The van der Waals surface area contributed by atoms with E-state index in [4.69, 9.17) is 32.5 Å². The number of methoxy groups -OCH3 is 2. The van der Waals surface area contributed by atoms with Gasteiger partial charge in [0.15, 0.2) is 43.4 Å². The van der Waals surface area contributed by atoms with Crippen molar-refractivity contribution in [3.05, 3.63) is 41.0 Å². The van der Waals surface area contributed by atoms with Gasteiger partial charge >= 0.3 is 0 Å². The van der Waals surface area contributed by atoms with E-state index in [9.17, 15) is 5.11 Å². The Kier molecular flexibility index (Phi) is 8.21. The lowest BCUT2D eigenvalue weighted by Crippen LogP contribution is -2.46. The lowest BCUT2D eigenvalue weighted by Gasteiger charge is -2.46. The molecule has 1 saturated heterocycles. The molecule has 0 amide bonds. The van der Waals surface area contributed by atoms with E-state index in [0.29, 0.717) is 35.4 Å². The second-order valence-electron chi connectivity index (χ2n) is 15.2. The van der Waals surface area contributed by atoms with E-state index in [1.807, 2.05) is 12.1 Å². The van der Waals surface area contributed by atoms with Crippen molar-refractivity contribution in [1.82, 2.24) is 0 Å². The average Bonchev–Trinajstić information content (AvgIpc) is 3.52. The molecule has 3 aliphatic rings. The third-order valence-corrected chi connectivity index (χ3v) is 19.3. The minimum absolute atomic E-state index is 0.00857. The van der Waals surface area contributed by atoms with E-state index in [1.165, 1.54) is 0 Å². The molecule has 1 N–H and O–H groups in total. The van der Waals surface area contributed by atoms with Crippen LogP contribution in [0, 0.1) is 11.8 Å². The lowest BCUT2D eigenvalue weighted by molar-refractivity contribution is -0.0862. The first kappa shape index (κ1) is 32.2. The molecule has 0 aromatic heterocycles. The predicted octanol–water partition coefficient (Wildman–Crippen LogP) is 7.61. The molecule has 1 aliphatic carbocycles. The first-order chi connectivity index (χ1) is 19.9. The zero-order valence-electron chi connectivity index (χ0n) is 27.9. The summed E-state index contributed by atoms with van der Waals surface area (Å²) < 4.78 is 43.5. The average molecular weight is 631 g/mol. The van der Waals surface area contributed by atoms with Gasteiger partial charge in [-0.2, -0.15) is 0 Å². The maximum atomic E-state index is 11.4. The van der Waals surface area contributed by atoms with Gasteiger partial charge in [-0.15, -0.1) is 0 Å². The zero-order valence-corrected chi connectivity index (χ0v) is 29.9. The minimum atomic E-state index is -2.21. The van der Waals surface area contributed by atoms with Crippen LogP contribution < -0.4 is 23.4 Å². The van der Waals surface area contributed by atoms with Gasteiger partial charge < -0.3 is 37.6 Å². The standard InChI is InChI=1S/C33H50O8Si2/c1-32(2,3)42(9,10)40-29-21-16-24-23(38-18-39-24)15-20(21)27(28-22(29)17-37-31(28)34)19-13-25(35-7)30(26(14-19)36-8)41-43(11,12)33(4,5)6/h13-16,22,27-29,31,34H,17-18H2,1-12H3/t22-,27+,28-,29+,31+/m0/s1. The molecule has 2 heterocycles. The molecule has 1 fully saturated rings. The van der Waals surface area contributed by atoms with Crippen molar-refractivity contribution in [2.45, 2.75) is 96.1 Å². The van der Waals surface area contributed by atoms with Crippen molar-refractivity contribution >= 4 is 16.6 Å². The van der Waals surface area contributed by atoms with Gasteiger partial charge in [0.25, 0.3) is 8.32 Å². The Morgan fingerprint density at radius 2 is 1.33 bits per heavy atom. The van der Waals surface area contributed by atoms with Gasteiger partial charge in [0.2, 0.25) is 6.79 Å². The molecule has 8 nitrogen and oxygen atoms in total. The Morgan fingerprint density at radius 1 is 0.791 bits per heavy atom. The molecule has 2 aliphatic heterocycles. The smallest absolute Gasteiger partial charge is 0.250 e. The Balaban J connectivity index is 1.69. The molecular weight excluding hydrogens is 581 g/mol. The number of rotatable bonds is 7. The van der Waals surface area contributed by atoms with Crippen LogP contribution in [0.25, 0.3) is 0 Å². The molecular formula is C33H50O8Si2. The number of benzene rings is 2. The third kappa shape index (κ3) is 5.58. The Hall–Kier alpha value is -2.25. The van der Waals surface area contributed by atoms with E-state index >= 15 is 0 Å². The van der Waals surface area contributed by atoms with Crippen LogP contribution in [0.4, 0.5) is 0 Å². The molecule has 0 radical (unpaired) electrons. The van der Waals surface area contributed by atoms with Crippen LogP contribution in [-0.4, -0.2) is 55.7 Å². The highest BCUT2D eigenvalue weighted by Crippen LogP contribution is 2.59. The Bertz CT molecular complexity index is 1330. The molecule has 0 bridgehead atoms. The summed E-state index contributed by atoms with van der Waals surface area (Å²) in [6.07, 6.45) is -1.21. The molecule has 0 saturated carbocycles. The number of fused-ring (bicyclic) bond motifs is 3. The second kappa shape index (κ2) is 11.0. The molecule has 10 heteroatoms. The molecule has 5 atom stereocenters. The maximum Gasteiger partial charge on any atom is 0.250 e. The van der Waals surface area contributed by atoms with Gasteiger partial charge in [-0.25, -0.2) is 0 Å². The van der Waals surface area contributed by atoms with E-state index in [0.717, 1.165) is 16.7 Å². The van der Waals surface area contributed by atoms with E-state index in [-0.39, 0.29) is 40.7 Å². The second-order valence-corrected chi connectivity index (χ2v) is 24.7. The van der Waals surface area contributed by atoms with Gasteiger partial charge in [0.1, 0.15) is 0 Å². The number of hydrogen-bond acceptors (Lipinski definition) is 8. The van der Waals surface area contributed by atoms with Crippen LogP contribution in [0.2, 0.25) is 36.3 Å². The fourth-order valence-electron chi connectivity index (χ4n) is 5.91. The zero-order chi connectivity index (χ0) is 31.7. The summed E-state index contributed by atoms with van der Waals surface area (Å²) >= 11 is 0. The van der Waals surface area contributed by atoms with Gasteiger partial charge in [-0.05, 0) is 77.2 Å². The highest BCUT2D eigenvalue weighted by Gasteiger charge is 2.54. The van der Waals surface area contributed by atoms with Crippen molar-refractivity contribution in [3.63, 3.8) is 0 Å². The first-order valence-corrected chi connectivity index (χ1v) is 21.1. The molecule has 0 unspecified atom stereocenters. The monoisotopic (exact) mass is 630 g/mol. The van der Waals surface area contributed by atoms with Gasteiger partial charge in [-0.3, -0.25) is 0 Å². The van der Waals surface area contributed by atoms with Crippen LogP contribution in [0.5, 0.6) is 28.7 Å². The summed E-state index contributed by atoms with van der Waals surface area (Å²) in [6, 6.07) is 8.19. The van der Waals surface area contributed by atoms with Crippen LogP contribution in [-0.2, 0) is 9.16 Å². The lowest BCUT2D eigenvalue weighted by atomic mass is 9.66. The summed E-state index contributed by atoms with van der Waals surface area (Å²) in [5.41, 5.74) is 3.03. The summed E-state index contributed by atoms with van der Waals surface area (Å²) in [6.45, 7) is 22.9. The predicted molar refractivity (Wildman–Crippen MR) is 172 cm³/mol. The van der Waals surface area contributed by atoms with Crippen LogP contribution in [0.1, 0.15) is 70.3 Å². The van der Waals surface area contributed by atoms with E-state index in [1.54, 1.807) is 14.2 Å². The van der Waals surface area contributed by atoms with E-state index < -0.39 is 22.9 Å². The number of hydrogen-bond donors (Lipinski definition) is 1. The Morgan fingerprint density at radius 3 is 1.84 bits per heavy atom. The number of aliphatic hydroxyl groups excluding tert-OH is 1. The summed E-state index contributed by atoms with van der Waals surface area (Å²) in [5, 5.41) is 11.4. The summed E-state index contributed by atoms with van der Waals surface area (Å²) in [7, 11) is -1.11. The van der Waals surface area contributed by atoms with Crippen molar-refractivity contribution in [2.75, 3.05) is 27.6 Å². The maximum absolute atomic E-state index is 11.4. The van der Waals surface area contributed by atoms with Crippen molar-refractivity contribution in [3.8, 4) is 28.7 Å². The quantitative estimate of drug-likeness (QED) is 0.313. The van der Waals surface area contributed by atoms with Crippen molar-refractivity contribution in [2.24, 2.45) is 11.8 Å². The van der Waals surface area contributed by atoms with E-state index in [2.05, 4.69) is 79.9 Å². The normalized spacial score (nSPS) is 25.3. The molecule has 5 rings (SSSR count). The largest absolute Gasteiger partial charge is 0.539 e. The van der Waals surface area contributed by atoms with Crippen LogP contribution in [0.15, 0.2) is 24.3 Å². The molecule has 2 aromatic carbocycles. The SMILES string of the molecule is COc1cc([C@@H]2c3cc4c(cc3[C@@H](O[Si](C)(C)C(C)(C)C)[C@H]3CO[C@@H](O)[C@H]23)OCO4)cc(OC)c1O[Si](C)(C)C(C)(C)C. The fraction of sp³-hybridized carbons (Fsp3) is 0.636. The molecule has 238 valence electrons. The highest BCUT2D eigenvalue weighted by molar-refractivity contribution is 6.75. The Labute approximate surface area is 259 Å². The van der Waals surface area contributed by atoms with Crippen LogP contribution in [0.3, 0.4) is 0 Å². The van der Waals surface area contributed by atoms with Gasteiger partial charge in [0, 0.05) is 17.8 Å². The van der Waals surface area contributed by atoms with Crippen LogP contribution >= 0.6 is 0 Å². The van der Waals surface area contributed by atoms with Crippen molar-refractivity contribution < 1.29 is 37.6 Å². The molecule has 43 heavy (non-hydrogen) atoms. The first-order valence-electron chi connectivity index (χ1n) is 15.3. The van der Waals surface area contributed by atoms with Gasteiger partial charge in [0.05, 0.1) is 26.9 Å². The summed E-state index contributed by atoms with van der Waals surface area (Å²) in [4.78, 5) is 0. The minimum Gasteiger partial charge on any atom is -0.539 e. The van der Waals surface area contributed by atoms with Crippen molar-refractivity contribution in [1.29, 1.82) is 0 Å². The third-order valence-electron chi connectivity index (χ3n) is 10.5. The fourth-order valence-corrected chi connectivity index (χ4v) is 8.21. The summed E-state index contributed by atoms with van der Waals surface area (Å²) in [5.74, 6) is 2.66. The number of ether oxygens (including phenoxy) is 5. The highest BCUT2D eigenvalue weighted by atomic mass is 28.4. The number of aliphatic hydroxyl groups is 1. The van der Waals surface area contributed by atoms with Gasteiger partial charge in [-0.1, -0.05) is 41.5 Å². The topological polar surface area (TPSA) is 84.8 Å².